The first-order valence-electron chi connectivity index (χ1n) is 3.99. The highest BCUT2D eigenvalue weighted by Crippen LogP contribution is 2.20. The quantitative estimate of drug-likeness (QED) is 0.628. The van der Waals surface area contributed by atoms with E-state index in [1.807, 2.05) is 0 Å². The molecule has 4 nitrogen and oxygen atoms in total. The van der Waals surface area contributed by atoms with Crippen LogP contribution in [0.2, 0.25) is 0 Å². The first kappa shape index (κ1) is 11.0. The summed E-state index contributed by atoms with van der Waals surface area (Å²) in [6, 6.07) is -1.42. The number of carbonyl (C=O) groups is 2. The Labute approximate surface area is 78.1 Å². The summed E-state index contributed by atoms with van der Waals surface area (Å²) in [5.74, 6) is -1.88. The number of alkyl halides is 3. The zero-order valence-electron chi connectivity index (χ0n) is 7.17. The molecule has 0 spiro atoms. The molecule has 1 fully saturated rings. The van der Waals surface area contributed by atoms with Crippen molar-refractivity contribution in [1.82, 2.24) is 10.2 Å². The molecular formula is C7H9F3N2O2. The highest BCUT2D eigenvalue weighted by Gasteiger charge is 2.45. The molecule has 0 aromatic heterocycles. The van der Waals surface area contributed by atoms with Crippen LogP contribution in [0.5, 0.6) is 0 Å². The van der Waals surface area contributed by atoms with Crippen molar-refractivity contribution in [3.05, 3.63) is 0 Å². The number of nitrogens with zero attached hydrogens (tertiary/aromatic N) is 1. The molecule has 1 aliphatic heterocycles. The fraction of sp³-hybridized carbons (Fsp3) is 0.714. The van der Waals surface area contributed by atoms with E-state index in [4.69, 9.17) is 0 Å². The van der Waals surface area contributed by atoms with E-state index in [1.165, 1.54) is 0 Å². The largest absolute Gasteiger partial charge is 0.452 e. The third-order valence-corrected chi connectivity index (χ3v) is 2.00. The fourth-order valence-corrected chi connectivity index (χ4v) is 1.28. The zero-order chi connectivity index (χ0) is 10.8. The van der Waals surface area contributed by atoms with Gasteiger partial charge in [0.05, 0.1) is 0 Å². The van der Waals surface area contributed by atoms with E-state index in [9.17, 15) is 22.8 Å². The lowest BCUT2D eigenvalue weighted by Crippen LogP contribution is -2.57. The Morgan fingerprint density at radius 1 is 1.50 bits per heavy atom. The lowest BCUT2D eigenvalue weighted by Gasteiger charge is -2.32. The van der Waals surface area contributed by atoms with E-state index in [1.54, 1.807) is 0 Å². The van der Waals surface area contributed by atoms with E-state index in [2.05, 4.69) is 5.32 Å². The molecule has 14 heavy (non-hydrogen) atoms. The second-order valence-electron chi connectivity index (χ2n) is 2.93. The molecule has 0 saturated carbocycles. The number of hydrogen-bond donors (Lipinski definition) is 1. The van der Waals surface area contributed by atoms with Gasteiger partial charge in [0.15, 0.2) is 0 Å². The SMILES string of the molecule is O=CN1CCNCC1C(=O)C(F)(F)F. The predicted molar refractivity (Wildman–Crippen MR) is 40.5 cm³/mol. The van der Waals surface area contributed by atoms with E-state index in [-0.39, 0.29) is 19.5 Å². The molecule has 1 saturated heterocycles. The molecule has 1 aliphatic rings. The summed E-state index contributed by atoms with van der Waals surface area (Å²) in [6.07, 6.45) is -4.61. The van der Waals surface area contributed by atoms with Gasteiger partial charge in [-0.2, -0.15) is 13.2 Å². The van der Waals surface area contributed by atoms with Gasteiger partial charge in [-0.05, 0) is 0 Å². The number of hydrogen-bond acceptors (Lipinski definition) is 3. The standard InChI is InChI=1S/C7H9F3N2O2/c8-7(9,10)6(14)5-3-11-1-2-12(5)4-13/h4-5,11H,1-3H2. The maximum absolute atomic E-state index is 12.0. The van der Waals surface area contributed by atoms with Crippen molar-refractivity contribution in [3.63, 3.8) is 0 Å². The van der Waals surface area contributed by atoms with E-state index in [0.29, 0.717) is 6.54 Å². The summed E-state index contributed by atoms with van der Waals surface area (Å²) in [5.41, 5.74) is 0. The Morgan fingerprint density at radius 3 is 2.64 bits per heavy atom. The molecule has 7 heteroatoms. The van der Waals surface area contributed by atoms with Gasteiger partial charge in [-0.15, -0.1) is 0 Å². The van der Waals surface area contributed by atoms with Crippen LogP contribution in [-0.2, 0) is 9.59 Å². The minimum atomic E-state index is -4.88. The molecule has 0 bridgehead atoms. The average molecular weight is 210 g/mol. The summed E-state index contributed by atoms with van der Waals surface area (Å²) >= 11 is 0. The minimum absolute atomic E-state index is 0.121. The highest BCUT2D eigenvalue weighted by molar-refractivity contribution is 5.90. The number of piperazine rings is 1. The van der Waals surface area contributed by atoms with Crippen molar-refractivity contribution in [2.45, 2.75) is 12.2 Å². The van der Waals surface area contributed by atoms with Crippen LogP contribution in [-0.4, -0.2) is 48.9 Å². The number of ketones is 1. The van der Waals surface area contributed by atoms with Gasteiger partial charge in [-0.1, -0.05) is 0 Å². The fourth-order valence-electron chi connectivity index (χ4n) is 1.28. The number of amides is 1. The van der Waals surface area contributed by atoms with Crippen LogP contribution in [0.25, 0.3) is 0 Å². The Kier molecular flexibility index (Phi) is 3.10. The summed E-state index contributed by atoms with van der Waals surface area (Å²) in [4.78, 5) is 22.1. The Balaban J connectivity index is 2.73. The average Bonchev–Trinajstić information content (AvgIpc) is 2.15. The number of rotatable bonds is 2. The molecule has 1 unspecified atom stereocenters. The highest BCUT2D eigenvalue weighted by atomic mass is 19.4. The van der Waals surface area contributed by atoms with Crippen LogP contribution in [0.15, 0.2) is 0 Å². The number of Topliss-reactive ketones (excluding diaryl/α,β-unsaturated/α-hetero) is 1. The Morgan fingerprint density at radius 2 is 2.14 bits per heavy atom. The van der Waals surface area contributed by atoms with Crippen LogP contribution in [0, 0.1) is 0 Å². The third kappa shape index (κ3) is 2.22. The van der Waals surface area contributed by atoms with Crippen LogP contribution in [0.3, 0.4) is 0 Å². The van der Waals surface area contributed by atoms with Crippen LogP contribution in [0.4, 0.5) is 13.2 Å². The van der Waals surface area contributed by atoms with Crippen molar-refractivity contribution >= 4 is 12.2 Å². The van der Waals surface area contributed by atoms with Gasteiger partial charge in [-0.3, -0.25) is 9.59 Å². The lowest BCUT2D eigenvalue weighted by atomic mass is 10.1. The predicted octanol–water partition coefficient (Wildman–Crippen LogP) is -0.452. The second kappa shape index (κ2) is 3.95. The molecule has 0 aromatic carbocycles. The molecule has 1 N–H and O–H groups in total. The van der Waals surface area contributed by atoms with Gasteiger partial charge in [0.2, 0.25) is 6.41 Å². The molecule has 1 rings (SSSR count). The van der Waals surface area contributed by atoms with Gasteiger partial charge in [-0.25, -0.2) is 0 Å². The summed E-state index contributed by atoms with van der Waals surface area (Å²) < 4.78 is 36.1. The van der Waals surface area contributed by atoms with Gasteiger partial charge in [0, 0.05) is 19.6 Å². The first-order valence-corrected chi connectivity index (χ1v) is 3.99. The first-order chi connectivity index (χ1) is 6.46. The normalized spacial score (nSPS) is 23.4. The molecule has 1 amide bonds. The molecular weight excluding hydrogens is 201 g/mol. The molecule has 1 heterocycles. The Bertz CT molecular complexity index is 242. The molecule has 1 atom stereocenters. The Hall–Kier alpha value is -1.11. The maximum Gasteiger partial charge on any atom is 0.452 e. The van der Waals surface area contributed by atoms with Crippen molar-refractivity contribution in [1.29, 1.82) is 0 Å². The van der Waals surface area contributed by atoms with Crippen LogP contribution < -0.4 is 5.32 Å². The zero-order valence-corrected chi connectivity index (χ0v) is 7.17. The summed E-state index contributed by atoms with van der Waals surface area (Å²) in [5, 5.41) is 2.63. The molecule has 0 radical (unpaired) electrons. The van der Waals surface area contributed by atoms with Crippen molar-refractivity contribution in [2.75, 3.05) is 19.6 Å². The van der Waals surface area contributed by atoms with Gasteiger partial charge in [0.1, 0.15) is 6.04 Å². The van der Waals surface area contributed by atoms with Crippen molar-refractivity contribution in [2.24, 2.45) is 0 Å². The van der Waals surface area contributed by atoms with Gasteiger partial charge in [0.25, 0.3) is 5.78 Å². The second-order valence-corrected chi connectivity index (χ2v) is 2.93. The molecule has 0 aliphatic carbocycles. The third-order valence-electron chi connectivity index (χ3n) is 2.00. The van der Waals surface area contributed by atoms with Crippen molar-refractivity contribution < 1.29 is 22.8 Å². The van der Waals surface area contributed by atoms with E-state index < -0.39 is 18.0 Å². The summed E-state index contributed by atoms with van der Waals surface area (Å²) in [7, 11) is 0. The number of halogens is 3. The van der Waals surface area contributed by atoms with Crippen molar-refractivity contribution in [3.8, 4) is 0 Å². The van der Waals surface area contributed by atoms with E-state index in [0.717, 1.165) is 4.90 Å². The monoisotopic (exact) mass is 210 g/mol. The molecule has 0 aromatic rings. The van der Waals surface area contributed by atoms with Crippen LogP contribution >= 0.6 is 0 Å². The van der Waals surface area contributed by atoms with E-state index >= 15 is 0 Å². The summed E-state index contributed by atoms with van der Waals surface area (Å²) in [6.45, 7) is 0.382. The number of nitrogens with one attached hydrogen (secondary N) is 1. The van der Waals surface area contributed by atoms with Gasteiger partial charge >= 0.3 is 6.18 Å². The smallest absolute Gasteiger partial charge is 0.332 e. The van der Waals surface area contributed by atoms with Crippen LogP contribution in [0.1, 0.15) is 0 Å². The number of carbonyl (C=O) groups excluding carboxylic acids is 2. The van der Waals surface area contributed by atoms with Gasteiger partial charge < -0.3 is 10.2 Å². The topological polar surface area (TPSA) is 49.4 Å². The minimum Gasteiger partial charge on any atom is -0.332 e. The lowest BCUT2D eigenvalue weighted by molar-refractivity contribution is -0.177. The maximum atomic E-state index is 12.0. The molecule has 80 valence electrons.